The van der Waals surface area contributed by atoms with Gasteiger partial charge in [-0.05, 0) is 6.07 Å². The van der Waals surface area contributed by atoms with Crippen LogP contribution in [0.25, 0.3) is 0 Å². The number of nitrogens with one attached hydrogen (secondary N) is 1. The Morgan fingerprint density at radius 3 is 2.60 bits per heavy atom. The Balaban J connectivity index is 2.87. The van der Waals surface area contributed by atoms with Crippen LogP contribution in [0, 0.1) is 22.7 Å². The molecular weight excluding hydrogens is 192 g/mol. The number of anilines is 1. The molecule has 1 aromatic rings. The first-order chi connectivity index (χ1) is 7.31. The molecule has 0 saturated carbocycles. The van der Waals surface area contributed by atoms with Gasteiger partial charge in [0.1, 0.15) is 12.1 Å². The number of hydrogen-bond donors (Lipinski definition) is 2. The van der Waals surface area contributed by atoms with Crippen LogP contribution in [0.5, 0.6) is 0 Å². The molecule has 0 saturated heterocycles. The van der Waals surface area contributed by atoms with E-state index in [1.807, 2.05) is 0 Å². The standard InChI is InChI=1S/C10H8N4O/c11-5-9(6-12)13-14-10-4-2-1-3-8(10)7-15/h1-4,14-15H,7H2. The highest BCUT2D eigenvalue weighted by molar-refractivity contribution is 6.10. The van der Waals surface area contributed by atoms with E-state index in [1.54, 1.807) is 36.4 Å². The van der Waals surface area contributed by atoms with Gasteiger partial charge >= 0.3 is 0 Å². The minimum absolute atomic E-state index is 0.132. The van der Waals surface area contributed by atoms with Gasteiger partial charge in [-0.1, -0.05) is 18.2 Å². The van der Waals surface area contributed by atoms with E-state index in [-0.39, 0.29) is 12.3 Å². The first-order valence-electron chi connectivity index (χ1n) is 4.14. The molecule has 0 aromatic heterocycles. The number of benzene rings is 1. The molecule has 0 aliphatic rings. The number of para-hydroxylation sites is 1. The molecule has 1 aromatic carbocycles. The molecule has 15 heavy (non-hydrogen) atoms. The molecule has 0 atom stereocenters. The number of nitriles is 2. The first kappa shape index (κ1) is 10.7. The molecule has 0 spiro atoms. The smallest absolute Gasteiger partial charge is 0.237 e. The summed E-state index contributed by atoms with van der Waals surface area (Å²) >= 11 is 0. The number of aliphatic hydroxyl groups excluding tert-OH is 1. The summed E-state index contributed by atoms with van der Waals surface area (Å²) in [5.41, 5.74) is 3.51. The molecule has 0 radical (unpaired) electrons. The van der Waals surface area contributed by atoms with E-state index in [1.165, 1.54) is 0 Å². The molecule has 0 amide bonds. The molecule has 0 bridgehead atoms. The number of hydrazone groups is 1. The van der Waals surface area contributed by atoms with E-state index in [0.717, 1.165) is 0 Å². The number of rotatable bonds is 3. The van der Waals surface area contributed by atoms with Crippen molar-refractivity contribution >= 4 is 11.4 Å². The van der Waals surface area contributed by atoms with E-state index in [9.17, 15) is 0 Å². The van der Waals surface area contributed by atoms with E-state index in [0.29, 0.717) is 11.3 Å². The highest BCUT2D eigenvalue weighted by atomic mass is 16.3. The van der Waals surface area contributed by atoms with E-state index in [4.69, 9.17) is 15.6 Å². The Hall–Kier alpha value is -2.37. The fraction of sp³-hybridized carbons (Fsp3) is 0.100. The van der Waals surface area contributed by atoms with Gasteiger partial charge in [0.25, 0.3) is 0 Å². The van der Waals surface area contributed by atoms with E-state index < -0.39 is 0 Å². The van der Waals surface area contributed by atoms with Gasteiger partial charge in [-0.3, -0.25) is 5.43 Å². The molecule has 0 aliphatic carbocycles. The molecule has 1 rings (SSSR count). The third kappa shape index (κ3) is 2.80. The van der Waals surface area contributed by atoms with Gasteiger partial charge in [0.05, 0.1) is 12.3 Å². The van der Waals surface area contributed by atoms with Crippen molar-refractivity contribution < 1.29 is 5.11 Å². The highest BCUT2D eigenvalue weighted by Gasteiger charge is 1.99. The zero-order valence-electron chi connectivity index (χ0n) is 7.81. The fourth-order valence-corrected chi connectivity index (χ4v) is 0.958. The number of nitrogens with zero attached hydrogens (tertiary/aromatic N) is 3. The van der Waals surface area contributed by atoms with E-state index >= 15 is 0 Å². The molecule has 0 unspecified atom stereocenters. The van der Waals surface area contributed by atoms with Crippen LogP contribution in [0.1, 0.15) is 5.56 Å². The zero-order chi connectivity index (χ0) is 11.1. The minimum atomic E-state index is -0.261. The molecule has 0 heterocycles. The fourth-order valence-electron chi connectivity index (χ4n) is 0.958. The molecular formula is C10H8N4O. The first-order valence-corrected chi connectivity index (χ1v) is 4.14. The van der Waals surface area contributed by atoms with Crippen molar-refractivity contribution in [2.24, 2.45) is 5.10 Å². The van der Waals surface area contributed by atoms with Crippen LogP contribution in [0.4, 0.5) is 5.69 Å². The van der Waals surface area contributed by atoms with Crippen molar-refractivity contribution in [1.82, 2.24) is 0 Å². The van der Waals surface area contributed by atoms with Gasteiger partial charge < -0.3 is 5.11 Å². The Labute approximate surface area is 86.9 Å². The lowest BCUT2D eigenvalue weighted by atomic mass is 10.2. The summed E-state index contributed by atoms with van der Waals surface area (Å²) in [6.45, 7) is -0.132. The summed E-state index contributed by atoms with van der Waals surface area (Å²) in [5, 5.41) is 29.4. The second-order valence-corrected chi connectivity index (χ2v) is 2.61. The maximum absolute atomic E-state index is 8.98. The summed E-state index contributed by atoms with van der Waals surface area (Å²) in [6, 6.07) is 10.2. The summed E-state index contributed by atoms with van der Waals surface area (Å²) in [4.78, 5) is 0. The second-order valence-electron chi connectivity index (χ2n) is 2.61. The van der Waals surface area contributed by atoms with Crippen molar-refractivity contribution in [2.75, 3.05) is 5.43 Å². The SMILES string of the molecule is N#CC(C#N)=NNc1ccccc1CO. The van der Waals surface area contributed by atoms with Crippen LogP contribution in [0.15, 0.2) is 29.4 Å². The average Bonchev–Trinajstić information content (AvgIpc) is 2.31. The van der Waals surface area contributed by atoms with Gasteiger partial charge in [-0.25, -0.2) is 0 Å². The van der Waals surface area contributed by atoms with Crippen molar-refractivity contribution in [3.8, 4) is 12.1 Å². The lowest BCUT2D eigenvalue weighted by molar-refractivity contribution is 0.282. The summed E-state index contributed by atoms with van der Waals surface area (Å²) < 4.78 is 0. The lowest BCUT2D eigenvalue weighted by Crippen LogP contribution is -1.99. The quantitative estimate of drug-likeness (QED) is 0.562. The Morgan fingerprint density at radius 1 is 1.33 bits per heavy atom. The predicted octanol–water partition coefficient (Wildman–Crippen LogP) is 0.994. The van der Waals surface area contributed by atoms with Gasteiger partial charge in [0, 0.05) is 5.56 Å². The van der Waals surface area contributed by atoms with Crippen molar-refractivity contribution in [1.29, 1.82) is 10.5 Å². The zero-order valence-corrected chi connectivity index (χ0v) is 7.81. The summed E-state index contributed by atoms with van der Waals surface area (Å²) in [7, 11) is 0. The summed E-state index contributed by atoms with van der Waals surface area (Å²) in [6.07, 6.45) is 0. The topological polar surface area (TPSA) is 92.2 Å². The van der Waals surface area contributed by atoms with Crippen molar-refractivity contribution in [3.63, 3.8) is 0 Å². The summed E-state index contributed by atoms with van der Waals surface area (Å²) in [5.74, 6) is 0. The normalized spacial score (nSPS) is 8.47. The third-order valence-electron chi connectivity index (χ3n) is 1.69. The van der Waals surface area contributed by atoms with Gasteiger partial charge in [0.2, 0.25) is 5.71 Å². The number of aliphatic hydroxyl groups is 1. The molecule has 0 aliphatic heterocycles. The monoisotopic (exact) mass is 200 g/mol. The van der Waals surface area contributed by atoms with E-state index in [2.05, 4.69) is 10.5 Å². The van der Waals surface area contributed by atoms with Crippen LogP contribution in [-0.4, -0.2) is 10.8 Å². The molecule has 74 valence electrons. The van der Waals surface area contributed by atoms with Crippen LogP contribution in [-0.2, 0) is 6.61 Å². The maximum Gasteiger partial charge on any atom is 0.237 e. The Bertz CT molecular complexity index is 437. The predicted molar refractivity (Wildman–Crippen MR) is 54.6 cm³/mol. The third-order valence-corrected chi connectivity index (χ3v) is 1.69. The molecule has 2 N–H and O–H groups in total. The van der Waals surface area contributed by atoms with Gasteiger partial charge in [-0.15, -0.1) is 0 Å². The lowest BCUT2D eigenvalue weighted by Gasteiger charge is -2.04. The largest absolute Gasteiger partial charge is 0.392 e. The highest BCUT2D eigenvalue weighted by Crippen LogP contribution is 2.14. The van der Waals surface area contributed by atoms with Crippen LogP contribution in [0.2, 0.25) is 0 Å². The number of hydrogen-bond acceptors (Lipinski definition) is 5. The van der Waals surface area contributed by atoms with Crippen LogP contribution >= 0.6 is 0 Å². The maximum atomic E-state index is 8.98. The Morgan fingerprint density at radius 2 is 2.00 bits per heavy atom. The molecule has 5 nitrogen and oxygen atoms in total. The van der Waals surface area contributed by atoms with Crippen molar-refractivity contribution in [3.05, 3.63) is 29.8 Å². The van der Waals surface area contributed by atoms with Crippen LogP contribution < -0.4 is 5.43 Å². The van der Waals surface area contributed by atoms with Gasteiger partial charge in [0.15, 0.2) is 0 Å². The molecule has 5 heteroatoms. The Kier molecular flexibility index (Phi) is 3.84. The van der Waals surface area contributed by atoms with Crippen molar-refractivity contribution in [2.45, 2.75) is 6.61 Å². The molecule has 0 fully saturated rings. The second kappa shape index (κ2) is 5.38. The minimum Gasteiger partial charge on any atom is -0.392 e. The van der Waals surface area contributed by atoms with Gasteiger partial charge in [-0.2, -0.15) is 15.6 Å². The average molecular weight is 200 g/mol. The van der Waals surface area contributed by atoms with Crippen LogP contribution in [0.3, 0.4) is 0 Å².